The topological polar surface area (TPSA) is 0 Å². The third kappa shape index (κ3) is 1.48. The first-order chi connectivity index (χ1) is 7.28. The van der Waals surface area contributed by atoms with E-state index in [1.54, 1.807) is 64.2 Å². The minimum atomic E-state index is -0.331. The van der Waals surface area contributed by atoms with E-state index in [0.29, 0.717) is 0 Å². The summed E-state index contributed by atoms with van der Waals surface area (Å²) in [6, 6.07) is 0. The Balaban J connectivity index is 1.55. The Labute approximate surface area is 105 Å². The second-order valence-corrected chi connectivity index (χ2v) is 16.2. The molecular formula is C14H23Bi. The van der Waals surface area contributed by atoms with Crippen LogP contribution < -0.4 is 0 Å². The van der Waals surface area contributed by atoms with E-state index in [1.165, 1.54) is 11.8 Å². The van der Waals surface area contributed by atoms with Gasteiger partial charge < -0.3 is 0 Å². The molecule has 15 heavy (non-hydrogen) atoms. The fourth-order valence-electron chi connectivity index (χ4n) is 5.30. The van der Waals surface area contributed by atoms with Gasteiger partial charge in [0.05, 0.1) is 0 Å². The van der Waals surface area contributed by atoms with Gasteiger partial charge in [-0.2, -0.15) is 0 Å². The first-order valence-corrected chi connectivity index (χ1v) is 11.0. The van der Waals surface area contributed by atoms with Crippen LogP contribution in [-0.2, 0) is 0 Å². The average Bonchev–Trinajstić information content (AvgIpc) is 2.95. The van der Waals surface area contributed by atoms with Crippen LogP contribution in [0.25, 0.3) is 0 Å². The van der Waals surface area contributed by atoms with Crippen molar-refractivity contribution in [2.75, 3.05) is 0 Å². The van der Waals surface area contributed by atoms with Crippen molar-refractivity contribution in [2.45, 2.75) is 70.5 Å². The maximum atomic E-state index is 1.71. The molecule has 0 radical (unpaired) electrons. The molecule has 0 unspecified atom stereocenters. The molecule has 4 bridgehead atoms. The fourth-order valence-corrected chi connectivity index (χ4v) is 16.9. The van der Waals surface area contributed by atoms with E-state index in [-0.39, 0.29) is 23.2 Å². The van der Waals surface area contributed by atoms with Crippen LogP contribution in [0.3, 0.4) is 0 Å². The molecule has 0 atom stereocenters. The first kappa shape index (κ1) is 9.87. The molecule has 0 aromatic rings. The van der Waals surface area contributed by atoms with Crippen molar-refractivity contribution < 1.29 is 0 Å². The zero-order valence-corrected chi connectivity index (χ0v) is 13.6. The van der Waals surface area contributed by atoms with Crippen LogP contribution in [0.4, 0.5) is 0 Å². The van der Waals surface area contributed by atoms with E-state index in [4.69, 9.17) is 0 Å². The SMILES string of the molecule is C1C[C]2([BiH][C]34CCC(CC3)C4)CCC1C2. The second-order valence-electron chi connectivity index (χ2n) is 6.98. The summed E-state index contributed by atoms with van der Waals surface area (Å²) in [5.74, 6) is 2.40. The molecule has 0 saturated heterocycles. The summed E-state index contributed by atoms with van der Waals surface area (Å²) in [5, 5.41) is 0. The molecule has 1 heteroatoms. The normalized spacial score (nSPS) is 56.8. The summed E-state index contributed by atoms with van der Waals surface area (Å²) in [4.78, 5) is 0. The van der Waals surface area contributed by atoms with Gasteiger partial charge >= 0.3 is 106 Å². The van der Waals surface area contributed by atoms with Crippen LogP contribution in [0.2, 0.25) is 6.25 Å². The summed E-state index contributed by atoms with van der Waals surface area (Å²) in [6.07, 6.45) is 16.7. The quantitative estimate of drug-likeness (QED) is 0.617. The monoisotopic (exact) mass is 400 g/mol. The summed E-state index contributed by atoms with van der Waals surface area (Å²) >= 11 is -0.331. The predicted octanol–water partition coefficient (Wildman–Crippen LogP) is 3.93. The molecule has 0 heterocycles. The van der Waals surface area contributed by atoms with Crippen molar-refractivity contribution in [3.8, 4) is 0 Å². The van der Waals surface area contributed by atoms with Gasteiger partial charge in [-0.25, -0.2) is 0 Å². The Kier molecular flexibility index (Phi) is 2.11. The molecule has 4 fully saturated rings. The molecular weight excluding hydrogens is 377 g/mol. The van der Waals surface area contributed by atoms with Gasteiger partial charge in [0.1, 0.15) is 0 Å². The molecule has 0 amide bonds. The molecule has 4 saturated carbocycles. The molecule has 0 aromatic heterocycles. The summed E-state index contributed by atoms with van der Waals surface area (Å²) in [6.45, 7) is 0. The van der Waals surface area contributed by atoms with Gasteiger partial charge in [0.15, 0.2) is 0 Å². The first-order valence-electron chi connectivity index (χ1n) is 7.07. The average molecular weight is 400 g/mol. The van der Waals surface area contributed by atoms with Crippen molar-refractivity contribution in [1.82, 2.24) is 0 Å². The summed E-state index contributed by atoms with van der Waals surface area (Å²) in [7, 11) is 0. The zero-order chi connectivity index (χ0) is 9.93. The Hall–Kier alpha value is 0.883. The number of hydrogen-bond donors (Lipinski definition) is 0. The molecule has 0 nitrogen and oxygen atoms in total. The molecule has 4 aliphatic carbocycles. The molecule has 4 aliphatic rings. The van der Waals surface area contributed by atoms with Gasteiger partial charge in [-0.3, -0.25) is 0 Å². The van der Waals surface area contributed by atoms with Gasteiger partial charge in [-0.15, -0.1) is 0 Å². The molecule has 84 valence electrons. The molecule has 4 rings (SSSR count). The Morgan fingerprint density at radius 1 is 0.667 bits per heavy atom. The van der Waals surface area contributed by atoms with Crippen LogP contribution in [0.5, 0.6) is 0 Å². The van der Waals surface area contributed by atoms with Crippen LogP contribution in [-0.4, -0.2) is 23.2 Å². The van der Waals surface area contributed by atoms with Crippen molar-refractivity contribution >= 4 is 23.2 Å². The second kappa shape index (κ2) is 3.21. The van der Waals surface area contributed by atoms with Crippen LogP contribution in [0.15, 0.2) is 0 Å². The van der Waals surface area contributed by atoms with E-state index in [2.05, 4.69) is 0 Å². The Morgan fingerprint density at radius 3 is 1.33 bits per heavy atom. The fraction of sp³-hybridized carbons (Fsp3) is 1.00. The van der Waals surface area contributed by atoms with E-state index in [9.17, 15) is 0 Å². The number of fused-ring (bicyclic) bond motifs is 4. The van der Waals surface area contributed by atoms with Gasteiger partial charge in [-0.05, 0) is 0 Å². The van der Waals surface area contributed by atoms with Gasteiger partial charge in [0.2, 0.25) is 0 Å². The molecule has 0 aliphatic heterocycles. The Bertz CT molecular complexity index is 239. The van der Waals surface area contributed by atoms with Gasteiger partial charge in [0, 0.05) is 0 Å². The zero-order valence-electron chi connectivity index (χ0n) is 9.73. The summed E-state index contributed by atoms with van der Waals surface area (Å²) < 4.78 is 2.12. The van der Waals surface area contributed by atoms with E-state index in [0.717, 1.165) is 6.25 Å². The molecule has 0 N–H and O–H groups in total. The predicted molar refractivity (Wildman–Crippen MR) is 65.7 cm³/mol. The third-order valence-electron chi connectivity index (χ3n) is 6.01. The number of rotatable bonds is 2. The van der Waals surface area contributed by atoms with Gasteiger partial charge in [-0.1, -0.05) is 0 Å². The van der Waals surface area contributed by atoms with Crippen LogP contribution >= 0.6 is 0 Å². The van der Waals surface area contributed by atoms with E-state index < -0.39 is 0 Å². The summed E-state index contributed by atoms with van der Waals surface area (Å²) in [5.41, 5.74) is 0. The van der Waals surface area contributed by atoms with Gasteiger partial charge in [0.25, 0.3) is 0 Å². The number of hydrogen-bond acceptors (Lipinski definition) is 0. The standard InChI is InChI=1S/2C7H11.Bi.H/c2*1-2-7-4-3-6(1)5-7;;/h2*6H,1-5H2;;. The molecule has 0 spiro atoms. The van der Waals surface area contributed by atoms with Crippen molar-refractivity contribution in [1.29, 1.82) is 0 Å². The van der Waals surface area contributed by atoms with Crippen LogP contribution in [0.1, 0.15) is 64.2 Å². The van der Waals surface area contributed by atoms with Crippen molar-refractivity contribution in [3.05, 3.63) is 0 Å². The molecule has 0 aromatic carbocycles. The van der Waals surface area contributed by atoms with Crippen LogP contribution in [0, 0.1) is 11.8 Å². The maximum absolute atomic E-state index is 1.71. The Morgan fingerprint density at radius 2 is 1.07 bits per heavy atom. The third-order valence-corrected chi connectivity index (χ3v) is 15.6. The van der Waals surface area contributed by atoms with E-state index >= 15 is 0 Å². The van der Waals surface area contributed by atoms with Crippen molar-refractivity contribution in [2.24, 2.45) is 11.8 Å². The van der Waals surface area contributed by atoms with Crippen molar-refractivity contribution in [3.63, 3.8) is 0 Å². The minimum absolute atomic E-state index is 0.331. The van der Waals surface area contributed by atoms with E-state index in [1.807, 2.05) is 0 Å².